The summed E-state index contributed by atoms with van der Waals surface area (Å²) in [5.74, 6) is -0.913. The van der Waals surface area contributed by atoms with E-state index in [1.165, 1.54) is 16.5 Å². The molecule has 0 amide bonds. The fourth-order valence-corrected chi connectivity index (χ4v) is 3.39. The Hall–Kier alpha value is -1.43. The molecule has 2 aromatic rings. The third kappa shape index (κ3) is 4.31. The van der Waals surface area contributed by atoms with E-state index in [4.69, 9.17) is 5.11 Å². The summed E-state index contributed by atoms with van der Waals surface area (Å²) in [7, 11) is 2.07. The number of carbonyl (C=O) groups is 1. The Morgan fingerprint density at radius 2 is 2.21 bits per heavy atom. The van der Waals surface area contributed by atoms with E-state index in [0.29, 0.717) is 0 Å². The molecule has 0 spiro atoms. The summed E-state index contributed by atoms with van der Waals surface area (Å²) < 4.78 is 0. The second-order valence-electron chi connectivity index (χ2n) is 4.27. The highest BCUT2D eigenvalue weighted by atomic mass is 32.1. The van der Waals surface area contributed by atoms with E-state index in [-0.39, 0.29) is 0 Å². The van der Waals surface area contributed by atoms with Crippen LogP contribution in [-0.2, 0) is 17.9 Å². The van der Waals surface area contributed by atoms with Gasteiger partial charge in [-0.3, -0.25) is 4.90 Å². The molecule has 2 aromatic heterocycles. The number of carboxylic acid groups (broad SMARTS) is 1. The molecule has 0 aromatic carbocycles. The zero-order valence-corrected chi connectivity index (χ0v) is 12.2. The Morgan fingerprint density at radius 3 is 2.89 bits per heavy atom. The summed E-state index contributed by atoms with van der Waals surface area (Å²) in [6, 6.07) is 4.08. The summed E-state index contributed by atoms with van der Waals surface area (Å²) in [4.78, 5) is 14.0. The Morgan fingerprint density at radius 1 is 1.37 bits per heavy atom. The van der Waals surface area contributed by atoms with Crippen LogP contribution in [0, 0.1) is 0 Å². The maximum atomic E-state index is 10.5. The number of nitrogens with zero attached hydrogens (tertiary/aromatic N) is 1. The standard InChI is InChI=1S/C14H15NO2S2/c1-15(8-11-4-6-18-10-11)9-13-12(5-7-19-13)2-3-14(16)17/h2-7,10H,8-9H2,1H3,(H,16,17). The molecule has 0 aliphatic carbocycles. The van der Waals surface area contributed by atoms with Gasteiger partial charge >= 0.3 is 5.97 Å². The SMILES string of the molecule is CN(Cc1ccsc1)Cc1sccc1C=CC(=O)O. The first-order valence-corrected chi connectivity index (χ1v) is 7.64. The van der Waals surface area contributed by atoms with Crippen LogP contribution in [0.15, 0.2) is 34.3 Å². The van der Waals surface area contributed by atoms with Gasteiger partial charge in [-0.2, -0.15) is 11.3 Å². The first-order chi connectivity index (χ1) is 9.15. The van der Waals surface area contributed by atoms with Crippen molar-refractivity contribution in [2.75, 3.05) is 7.05 Å². The van der Waals surface area contributed by atoms with Crippen molar-refractivity contribution in [2.24, 2.45) is 0 Å². The predicted octanol–water partition coefficient (Wildman–Crippen LogP) is 3.54. The zero-order valence-electron chi connectivity index (χ0n) is 10.6. The molecule has 0 aliphatic heterocycles. The molecule has 2 heterocycles. The Bertz CT molecular complexity index is 558. The summed E-state index contributed by atoms with van der Waals surface area (Å²) in [5.41, 5.74) is 2.30. The second kappa shape index (κ2) is 6.65. The van der Waals surface area contributed by atoms with Gasteiger partial charge < -0.3 is 5.11 Å². The molecule has 5 heteroatoms. The van der Waals surface area contributed by atoms with E-state index in [0.717, 1.165) is 18.7 Å². The molecule has 0 fully saturated rings. The van der Waals surface area contributed by atoms with Gasteiger partial charge in [-0.05, 0) is 52.5 Å². The van der Waals surface area contributed by atoms with E-state index >= 15 is 0 Å². The van der Waals surface area contributed by atoms with Crippen LogP contribution in [-0.4, -0.2) is 23.0 Å². The molecule has 1 N–H and O–H groups in total. The highest BCUT2D eigenvalue weighted by Crippen LogP contribution is 2.21. The molecule has 19 heavy (non-hydrogen) atoms. The fraction of sp³-hybridized carbons (Fsp3) is 0.214. The molecule has 0 aliphatic rings. The van der Waals surface area contributed by atoms with E-state index in [1.807, 2.05) is 11.4 Å². The van der Waals surface area contributed by atoms with Crippen molar-refractivity contribution in [1.82, 2.24) is 4.90 Å². The number of hydrogen-bond acceptors (Lipinski definition) is 4. The molecule has 100 valence electrons. The van der Waals surface area contributed by atoms with Gasteiger partial charge in [0, 0.05) is 24.0 Å². The Kier molecular flexibility index (Phi) is 4.90. The van der Waals surface area contributed by atoms with Gasteiger partial charge in [0.1, 0.15) is 0 Å². The largest absolute Gasteiger partial charge is 0.478 e. The number of aliphatic carboxylic acids is 1. The lowest BCUT2D eigenvalue weighted by Gasteiger charge is -2.15. The van der Waals surface area contributed by atoms with E-state index in [2.05, 4.69) is 28.8 Å². The third-order valence-electron chi connectivity index (χ3n) is 2.63. The second-order valence-corrected chi connectivity index (χ2v) is 6.06. The van der Waals surface area contributed by atoms with Crippen molar-refractivity contribution in [3.05, 3.63) is 50.4 Å². The molecule has 0 saturated heterocycles. The first kappa shape index (κ1) is 14.0. The third-order valence-corrected chi connectivity index (χ3v) is 4.28. The first-order valence-electron chi connectivity index (χ1n) is 5.82. The minimum atomic E-state index is -0.913. The highest BCUT2D eigenvalue weighted by molar-refractivity contribution is 7.10. The Labute approximate surface area is 120 Å². The van der Waals surface area contributed by atoms with Crippen LogP contribution in [0.5, 0.6) is 0 Å². The van der Waals surface area contributed by atoms with Crippen LogP contribution in [0.25, 0.3) is 6.08 Å². The van der Waals surface area contributed by atoms with Crippen LogP contribution < -0.4 is 0 Å². The van der Waals surface area contributed by atoms with Crippen molar-refractivity contribution in [3.63, 3.8) is 0 Å². The van der Waals surface area contributed by atoms with Gasteiger partial charge in [0.25, 0.3) is 0 Å². The van der Waals surface area contributed by atoms with Gasteiger partial charge in [-0.15, -0.1) is 11.3 Å². The van der Waals surface area contributed by atoms with Gasteiger partial charge in [0.05, 0.1) is 0 Å². The summed E-state index contributed by atoms with van der Waals surface area (Å²) in [6.45, 7) is 1.73. The van der Waals surface area contributed by atoms with Gasteiger partial charge in [0.15, 0.2) is 0 Å². The lowest BCUT2D eigenvalue weighted by Crippen LogP contribution is -2.16. The van der Waals surface area contributed by atoms with E-state index in [1.54, 1.807) is 28.7 Å². The van der Waals surface area contributed by atoms with Crippen molar-refractivity contribution in [1.29, 1.82) is 0 Å². The number of rotatable bonds is 6. The predicted molar refractivity (Wildman–Crippen MR) is 80.5 cm³/mol. The minimum absolute atomic E-state index is 0.826. The average Bonchev–Trinajstić information content (AvgIpc) is 2.98. The molecule has 0 saturated carbocycles. The summed E-state index contributed by atoms with van der Waals surface area (Å²) >= 11 is 3.36. The fourth-order valence-electron chi connectivity index (χ4n) is 1.78. The van der Waals surface area contributed by atoms with E-state index in [9.17, 15) is 4.79 Å². The number of hydrogen-bond donors (Lipinski definition) is 1. The maximum Gasteiger partial charge on any atom is 0.328 e. The lowest BCUT2D eigenvalue weighted by molar-refractivity contribution is -0.131. The number of carboxylic acids is 1. The quantitative estimate of drug-likeness (QED) is 0.828. The normalized spacial score (nSPS) is 11.5. The van der Waals surface area contributed by atoms with E-state index < -0.39 is 5.97 Å². The van der Waals surface area contributed by atoms with Crippen molar-refractivity contribution >= 4 is 34.7 Å². The highest BCUT2D eigenvalue weighted by Gasteiger charge is 2.07. The van der Waals surface area contributed by atoms with Crippen LogP contribution in [0.4, 0.5) is 0 Å². The van der Waals surface area contributed by atoms with Crippen LogP contribution >= 0.6 is 22.7 Å². The molecule has 3 nitrogen and oxygen atoms in total. The molecule has 2 rings (SSSR count). The molecule has 0 unspecified atom stereocenters. The lowest BCUT2D eigenvalue weighted by atomic mass is 10.2. The monoisotopic (exact) mass is 293 g/mol. The van der Waals surface area contributed by atoms with Crippen molar-refractivity contribution in [3.8, 4) is 0 Å². The Balaban J connectivity index is 1.99. The van der Waals surface area contributed by atoms with Crippen molar-refractivity contribution < 1.29 is 9.90 Å². The van der Waals surface area contributed by atoms with Crippen LogP contribution in [0.1, 0.15) is 16.0 Å². The summed E-state index contributed by atoms with van der Waals surface area (Å²) in [5, 5.41) is 14.9. The van der Waals surface area contributed by atoms with Crippen LogP contribution in [0.2, 0.25) is 0 Å². The topological polar surface area (TPSA) is 40.5 Å². The molecule has 0 radical (unpaired) electrons. The smallest absolute Gasteiger partial charge is 0.328 e. The molecule has 0 bridgehead atoms. The average molecular weight is 293 g/mol. The van der Waals surface area contributed by atoms with Gasteiger partial charge in [0.2, 0.25) is 0 Å². The minimum Gasteiger partial charge on any atom is -0.478 e. The van der Waals surface area contributed by atoms with Gasteiger partial charge in [-0.25, -0.2) is 4.79 Å². The zero-order chi connectivity index (χ0) is 13.7. The number of thiophene rings is 2. The maximum absolute atomic E-state index is 10.5. The summed E-state index contributed by atoms with van der Waals surface area (Å²) in [6.07, 6.45) is 2.84. The van der Waals surface area contributed by atoms with Gasteiger partial charge in [-0.1, -0.05) is 0 Å². The van der Waals surface area contributed by atoms with Crippen LogP contribution in [0.3, 0.4) is 0 Å². The molecule has 0 atom stereocenters. The molecular formula is C14H15NO2S2. The van der Waals surface area contributed by atoms with Crippen molar-refractivity contribution in [2.45, 2.75) is 13.1 Å². The molecular weight excluding hydrogens is 278 g/mol.